The fourth-order valence-corrected chi connectivity index (χ4v) is 3.88. The summed E-state index contributed by atoms with van der Waals surface area (Å²) in [4.78, 5) is 19.5. The van der Waals surface area contributed by atoms with Gasteiger partial charge in [0.2, 0.25) is 17.6 Å². The number of amides is 1. The van der Waals surface area contributed by atoms with E-state index in [1.54, 1.807) is 7.11 Å². The van der Waals surface area contributed by atoms with Crippen molar-refractivity contribution in [3.8, 4) is 17.1 Å². The summed E-state index contributed by atoms with van der Waals surface area (Å²) in [7, 11) is 1.65. The van der Waals surface area contributed by atoms with Crippen molar-refractivity contribution in [3.63, 3.8) is 0 Å². The molecule has 0 radical (unpaired) electrons. The molecule has 0 spiro atoms. The van der Waals surface area contributed by atoms with Crippen molar-refractivity contribution in [2.75, 3.05) is 20.2 Å². The minimum atomic E-state index is -0.0359. The molecule has 1 aliphatic heterocycles. The van der Waals surface area contributed by atoms with E-state index in [0.717, 1.165) is 42.8 Å². The molecule has 162 valence electrons. The first-order valence-corrected chi connectivity index (χ1v) is 10.7. The smallest absolute Gasteiger partial charge is 0.241 e. The van der Waals surface area contributed by atoms with Crippen molar-refractivity contribution in [3.05, 3.63) is 66.1 Å². The molecule has 1 unspecified atom stereocenters. The highest BCUT2D eigenvalue weighted by atomic mass is 16.5. The lowest BCUT2D eigenvalue weighted by atomic mass is 9.95. The second kappa shape index (κ2) is 9.75. The summed E-state index contributed by atoms with van der Waals surface area (Å²) in [5.41, 5.74) is 2.01. The van der Waals surface area contributed by atoms with Gasteiger partial charge in [0, 0.05) is 11.5 Å². The van der Waals surface area contributed by atoms with Gasteiger partial charge in [-0.25, -0.2) is 0 Å². The summed E-state index contributed by atoms with van der Waals surface area (Å²) >= 11 is 0. The maximum Gasteiger partial charge on any atom is 0.241 e. The molecular formula is C24H28N4O3. The zero-order chi connectivity index (χ0) is 21.6. The SMILES string of the molecule is COc1ccc(C(C)NC(=O)C2CCN(Cc3nc(-c4ccccc4)no3)CC2)cc1. The number of hydrogen-bond donors (Lipinski definition) is 1. The number of nitrogens with zero attached hydrogens (tertiary/aromatic N) is 3. The van der Waals surface area contributed by atoms with Crippen LogP contribution in [0.4, 0.5) is 0 Å². The molecule has 0 aliphatic carbocycles. The second-order valence-electron chi connectivity index (χ2n) is 7.93. The highest BCUT2D eigenvalue weighted by Gasteiger charge is 2.27. The van der Waals surface area contributed by atoms with Gasteiger partial charge in [-0.1, -0.05) is 47.6 Å². The van der Waals surface area contributed by atoms with Crippen LogP contribution in [0.2, 0.25) is 0 Å². The van der Waals surface area contributed by atoms with E-state index < -0.39 is 0 Å². The van der Waals surface area contributed by atoms with E-state index in [1.165, 1.54) is 0 Å². The predicted octanol–water partition coefficient (Wildman–Crippen LogP) is 3.83. The Labute approximate surface area is 182 Å². The van der Waals surface area contributed by atoms with E-state index in [9.17, 15) is 4.79 Å². The molecule has 1 aliphatic rings. The topological polar surface area (TPSA) is 80.5 Å². The van der Waals surface area contributed by atoms with Crippen molar-refractivity contribution in [1.82, 2.24) is 20.4 Å². The number of carbonyl (C=O) groups is 1. The van der Waals surface area contributed by atoms with Crippen LogP contribution in [0.15, 0.2) is 59.1 Å². The van der Waals surface area contributed by atoms with Crippen LogP contribution in [0, 0.1) is 5.92 Å². The molecule has 1 saturated heterocycles. The van der Waals surface area contributed by atoms with Crippen molar-refractivity contribution in [2.24, 2.45) is 5.92 Å². The molecular weight excluding hydrogens is 392 g/mol. The average Bonchev–Trinajstić information content (AvgIpc) is 3.28. The van der Waals surface area contributed by atoms with Crippen LogP contribution in [0.5, 0.6) is 5.75 Å². The van der Waals surface area contributed by atoms with Gasteiger partial charge in [0.15, 0.2) is 0 Å². The third-order valence-corrected chi connectivity index (χ3v) is 5.79. The Kier molecular flexibility index (Phi) is 6.62. The van der Waals surface area contributed by atoms with E-state index in [-0.39, 0.29) is 17.9 Å². The summed E-state index contributed by atoms with van der Waals surface area (Å²) in [6.07, 6.45) is 1.64. The van der Waals surface area contributed by atoms with Gasteiger partial charge < -0.3 is 14.6 Å². The Morgan fingerprint density at radius 2 is 1.87 bits per heavy atom. The van der Waals surface area contributed by atoms with Gasteiger partial charge >= 0.3 is 0 Å². The molecule has 0 bridgehead atoms. The molecule has 2 heterocycles. The van der Waals surface area contributed by atoms with Crippen LogP contribution in [0.1, 0.15) is 37.3 Å². The molecule has 0 saturated carbocycles. The van der Waals surface area contributed by atoms with Crippen molar-refractivity contribution in [1.29, 1.82) is 0 Å². The van der Waals surface area contributed by atoms with E-state index >= 15 is 0 Å². The lowest BCUT2D eigenvalue weighted by Crippen LogP contribution is -2.40. The van der Waals surface area contributed by atoms with Gasteiger partial charge in [-0.3, -0.25) is 9.69 Å². The third-order valence-electron chi connectivity index (χ3n) is 5.79. The molecule has 7 heteroatoms. The van der Waals surface area contributed by atoms with E-state index in [4.69, 9.17) is 9.26 Å². The van der Waals surface area contributed by atoms with E-state index in [2.05, 4.69) is 20.4 Å². The molecule has 7 nitrogen and oxygen atoms in total. The number of benzene rings is 2. The molecule has 31 heavy (non-hydrogen) atoms. The quantitative estimate of drug-likeness (QED) is 0.626. The molecule has 1 atom stereocenters. The van der Waals surface area contributed by atoms with Crippen LogP contribution in [-0.4, -0.2) is 41.1 Å². The van der Waals surface area contributed by atoms with Crippen LogP contribution >= 0.6 is 0 Å². The summed E-state index contributed by atoms with van der Waals surface area (Å²) in [5, 5.41) is 7.23. The average molecular weight is 421 g/mol. The Morgan fingerprint density at radius 3 is 2.55 bits per heavy atom. The normalized spacial score (nSPS) is 16.1. The zero-order valence-corrected chi connectivity index (χ0v) is 18.0. The standard InChI is InChI=1S/C24H28N4O3/c1-17(18-8-10-21(30-2)11-9-18)25-24(29)20-12-14-28(15-13-20)16-22-26-23(27-31-22)19-6-4-3-5-7-19/h3-11,17,20H,12-16H2,1-2H3,(H,25,29). The number of carbonyl (C=O) groups excluding carboxylic acids is 1. The van der Waals surface area contributed by atoms with Gasteiger partial charge in [-0.2, -0.15) is 4.98 Å². The van der Waals surface area contributed by atoms with Crippen LogP contribution in [0.25, 0.3) is 11.4 Å². The minimum Gasteiger partial charge on any atom is -0.497 e. The minimum absolute atomic E-state index is 0.0273. The third kappa shape index (κ3) is 5.30. The maximum atomic E-state index is 12.7. The van der Waals surface area contributed by atoms with Gasteiger partial charge in [0.1, 0.15) is 5.75 Å². The first-order chi connectivity index (χ1) is 15.1. The fraction of sp³-hybridized carbons (Fsp3) is 0.375. The first-order valence-electron chi connectivity index (χ1n) is 10.7. The van der Waals surface area contributed by atoms with Gasteiger partial charge in [0.05, 0.1) is 19.7 Å². The number of likely N-dealkylation sites (tertiary alicyclic amines) is 1. The number of aromatic nitrogens is 2. The number of methoxy groups -OCH3 is 1. The Bertz CT molecular complexity index is 980. The van der Waals surface area contributed by atoms with Crippen LogP contribution < -0.4 is 10.1 Å². The summed E-state index contributed by atoms with van der Waals surface area (Å²) < 4.78 is 10.6. The number of nitrogens with one attached hydrogen (secondary N) is 1. The van der Waals surface area contributed by atoms with Crippen molar-refractivity contribution < 1.29 is 14.1 Å². The number of piperidine rings is 1. The molecule has 3 aromatic rings. The lowest BCUT2D eigenvalue weighted by molar-refractivity contribution is -0.127. The fourth-order valence-electron chi connectivity index (χ4n) is 3.88. The first kappa shape index (κ1) is 21.1. The monoisotopic (exact) mass is 420 g/mol. The van der Waals surface area contributed by atoms with E-state index in [1.807, 2.05) is 61.5 Å². The molecule has 1 fully saturated rings. The lowest BCUT2D eigenvalue weighted by Gasteiger charge is -2.30. The van der Waals surface area contributed by atoms with E-state index in [0.29, 0.717) is 18.3 Å². The van der Waals surface area contributed by atoms with Crippen molar-refractivity contribution in [2.45, 2.75) is 32.4 Å². The van der Waals surface area contributed by atoms with Gasteiger partial charge in [-0.15, -0.1) is 0 Å². The maximum absolute atomic E-state index is 12.7. The van der Waals surface area contributed by atoms with Gasteiger partial charge in [0.25, 0.3) is 0 Å². The molecule has 4 rings (SSSR count). The number of hydrogen-bond acceptors (Lipinski definition) is 6. The second-order valence-corrected chi connectivity index (χ2v) is 7.93. The Balaban J connectivity index is 1.25. The van der Waals surface area contributed by atoms with Crippen LogP contribution in [0.3, 0.4) is 0 Å². The van der Waals surface area contributed by atoms with Crippen LogP contribution in [-0.2, 0) is 11.3 Å². The highest BCUT2D eigenvalue weighted by molar-refractivity contribution is 5.79. The molecule has 1 aromatic heterocycles. The number of rotatable bonds is 7. The Hall–Kier alpha value is -3.19. The highest BCUT2D eigenvalue weighted by Crippen LogP contribution is 2.22. The van der Waals surface area contributed by atoms with Gasteiger partial charge in [-0.05, 0) is 50.6 Å². The largest absolute Gasteiger partial charge is 0.497 e. The molecule has 2 aromatic carbocycles. The van der Waals surface area contributed by atoms with Crippen molar-refractivity contribution >= 4 is 5.91 Å². The summed E-state index contributed by atoms with van der Waals surface area (Å²) in [6.45, 7) is 4.28. The summed E-state index contributed by atoms with van der Waals surface area (Å²) in [6, 6.07) is 17.6. The number of ether oxygens (including phenoxy) is 1. The molecule has 1 N–H and O–H groups in total. The molecule has 1 amide bonds. The zero-order valence-electron chi connectivity index (χ0n) is 18.0. The summed E-state index contributed by atoms with van der Waals surface area (Å²) in [5.74, 6) is 2.17. The predicted molar refractivity (Wildman–Crippen MR) is 117 cm³/mol. The Morgan fingerprint density at radius 1 is 1.16 bits per heavy atom.